The number of carbonyl (C=O) groups excluding carboxylic acids is 1. The predicted molar refractivity (Wildman–Crippen MR) is 71.5 cm³/mol. The van der Waals surface area contributed by atoms with Gasteiger partial charge in [0.05, 0.1) is 5.56 Å². The molecule has 0 unspecified atom stereocenters. The molecule has 1 rings (SSSR count). The second-order valence-electron chi connectivity index (χ2n) is 5.81. The number of nitrogens with zero attached hydrogens (tertiary/aromatic N) is 2. The minimum atomic E-state index is -4.63. The van der Waals surface area contributed by atoms with Crippen LogP contribution in [0.25, 0.3) is 0 Å². The zero-order valence-electron chi connectivity index (χ0n) is 12.0. The van der Waals surface area contributed by atoms with Crippen LogP contribution in [0.3, 0.4) is 0 Å². The molecule has 0 saturated heterocycles. The summed E-state index contributed by atoms with van der Waals surface area (Å²) in [7, 11) is -1.24. The molecule has 0 spiro atoms. The average molecular weight is 308 g/mol. The number of hydrogen-bond donors (Lipinski definition) is 0. The largest absolute Gasteiger partial charge is 0.435 e. The van der Waals surface area contributed by atoms with Crippen LogP contribution in [0.4, 0.5) is 13.2 Å². The van der Waals surface area contributed by atoms with Gasteiger partial charge in [-0.25, -0.2) is 4.68 Å². The predicted octanol–water partition coefficient (Wildman–Crippen LogP) is 3.34. The maximum absolute atomic E-state index is 12.7. The van der Waals surface area contributed by atoms with Crippen molar-refractivity contribution in [3.05, 3.63) is 17.0 Å². The van der Waals surface area contributed by atoms with Gasteiger partial charge in [-0.05, 0) is 13.0 Å². The molecule has 4 nitrogen and oxygen atoms in total. The Kier molecular flexibility index (Phi) is 5.14. The Morgan fingerprint density at radius 2 is 1.95 bits per heavy atom. The van der Waals surface area contributed by atoms with E-state index >= 15 is 0 Å². The fraction of sp³-hybridized carbons (Fsp3) is 0.667. The van der Waals surface area contributed by atoms with Gasteiger partial charge in [0.25, 0.3) is 0 Å². The molecule has 0 saturated carbocycles. The topological polar surface area (TPSA) is 44.1 Å². The van der Waals surface area contributed by atoms with Crippen LogP contribution in [0.2, 0.25) is 25.7 Å². The van der Waals surface area contributed by atoms with Gasteiger partial charge in [0.15, 0.2) is 12.0 Å². The molecule has 20 heavy (non-hydrogen) atoms. The van der Waals surface area contributed by atoms with E-state index in [1.165, 1.54) is 6.92 Å². The van der Waals surface area contributed by atoms with Gasteiger partial charge in [-0.2, -0.15) is 18.3 Å². The summed E-state index contributed by atoms with van der Waals surface area (Å²) < 4.78 is 44.5. The van der Waals surface area contributed by atoms with E-state index in [0.717, 1.165) is 10.7 Å². The maximum Gasteiger partial charge on any atom is 0.435 e. The van der Waals surface area contributed by atoms with Crippen molar-refractivity contribution in [1.29, 1.82) is 0 Å². The van der Waals surface area contributed by atoms with E-state index in [-0.39, 0.29) is 18.7 Å². The molecule has 0 atom stereocenters. The number of halogens is 3. The summed E-state index contributed by atoms with van der Waals surface area (Å²) in [6.07, 6.45) is -4.45. The van der Waals surface area contributed by atoms with Crippen LogP contribution in [0.1, 0.15) is 21.7 Å². The van der Waals surface area contributed by atoms with E-state index in [0.29, 0.717) is 6.61 Å². The molecule has 1 heterocycles. The lowest BCUT2D eigenvalue weighted by molar-refractivity contribution is -0.142. The lowest BCUT2D eigenvalue weighted by atomic mass is 10.2. The lowest BCUT2D eigenvalue weighted by Gasteiger charge is -2.15. The molecule has 0 fully saturated rings. The van der Waals surface area contributed by atoms with E-state index in [4.69, 9.17) is 4.74 Å². The van der Waals surface area contributed by atoms with Gasteiger partial charge < -0.3 is 4.74 Å². The van der Waals surface area contributed by atoms with Crippen molar-refractivity contribution in [2.24, 2.45) is 0 Å². The van der Waals surface area contributed by atoms with E-state index in [1.54, 1.807) is 0 Å². The van der Waals surface area contributed by atoms with Crippen LogP contribution >= 0.6 is 0 Å². The van der Waals surface area contributed by atoms with Gasteiger partial charge in [0.1, 0.15) is 6.73 Å². The number of alkyl halides is 3. The highest BCUT2D eigenvalue weighted by Gasteiger charge is 2.38. The number of carbonyl (C=O) groups is 1. The molecule has 1 aromatic heterocycles. The number of aldehydes is 1. The Morgan fingerprint density at radius 1 is 1.35 bits per heavy atom. The molecule has 0 aliphatic rings. The summed E-state index contributed by atoms with van der Waals surface area (Å²) in [4.78, 5) is 10.8. The fourth-order valence-electron chi connectivity index (χ4n) is 1.57. The summed E-state index contributed by atoms with van der Waals surface area (Å²) in [6, 6.07) is 0.917. The van der Waals surface area contributed by atoms with Crippen LogP contribution in [0.15, 0.2) is 0 Å². The molecule has 8 heteroatoms. The molecule has 1 aromatic rings. The smallest absolute Gasteiger partial charge is 0.360 e. The van der Waals surface area contributed by atoms with Crippen LogP contribution in [-0.4, -0.2) is 30.7 Å². The normalized spacial score (nSPS) is 12.8. The first-order chi connectivity index (χ1) is 9.06. The van der Waals surface area contributed by atoms with Crippen molar-refractivity contribution < 1.29 is 22.7 Å². The highest BCUT2D eigenvalue weighted by molar-refractivity contribution is 6.76. The van der Waals surface area contributed by atoms with E-state index in [9.17, 15) is 18.0 Å². The third-order valence-electron chi connectivity index (χ3n) is 2.85. The van der Waals surface area contributed by atoms with Gasteiger partial charge in [0.2, 0.25) is 0 Å². The Hall–Kier alpha value is -1.15. The van der Waals surface area contributed by atoms with Crippen LogP contribution < -0.4 is 0 Å². The van der Waals surface area contributed by atoms with Crippen molar-refractivity contribution in [2.45, 2.75) is 45.5 Å². The Balaban J connectivity index is 2.77. The minimum Gasteiger partial charge on any atom is -0.360 e. The summed E-state index contributed by atoms with van der Waals surface area (Å²) in [6.45, 7) is 8.37. The molecule has 0 aromatic carbocycles. The lowest BCUT2D eigenvalue weighted by Crippen LogP contribution is -2.22. The number of aromatic nitrogens is 2. The minimum absolute atomic E-state index is 0.0762. The van der Waals surface area contributed by atoms with Crippen LogP contribution in [0.5, 0.6) is 0 Å². The zero-order valence-corrected chi connectivity index (χ0v) is 13.0. The third kappa shape index (κ3) is 4.45. The highest BCUT2D eigenvalue weighted by atomic mass is 28.3. The first-order valence-electron chi connectivity index (χ1n) is 6.24. The second-order valence-corrected chi connectivity index (χ2v) is 11.4. The third-order valence-corrected chi connectivity index (χ3v) is 4.55. The average Bonchev–Trinajstić information content (AvgIpc) is 2.60. The van der Waals surface area contributed by atoms with Crippen molar-refractivity contribution in [3.8, 4) is 0 Å². The van der Waals surface area contributed by atoms with Gasteiger partial charge >= 0.3 is 6.18 Å². The Bertz CT molecular complexity index is 478. The standard InChI is InChI=1S/C12H19F3N2O2Si/c1-9-10(7-18)11(12(13,14)15)16-17(9)8-19-5-6-20(2,3)4/h7H,5-6,8H2,1-4H3. The Labute approximate surface area is 116 Å². The van der Waals surface area contributed by atoms with Gasteiger partial charge in [-0.15, -0.1) is 0 Å². The quantitative estimate of drug-likeness (QED) is 0.460. The van der Waals surface area contributed by atoms with Crippen molar-refractivity contribution in [1.82, 2.24) is 9.78 Å². The molecule has 0 amide bonds. The highest BCUT2D eigenvalue weighted by Crippen LogP contribution is 2.31. The van der Waals surface area contributed by atoms with E-state index in [2.05, 4.69) is 24.7 Å². The number of rotatable bonds is 6. The SMILES string of the molecule is Cc1c(C=O)c(C(F)(F)F)nn1COCC[Si](C)(C)C. The molecule has 114 valence electrons. The van der Waals surface area contributed by atoms with Gasteiger partial charge in [-0.1, -0.05) is 19.6 Å². The first kappa shape index (κ1) is 16.9. The van der Waals surface area contributed by atoms with Crippen molar-refractivity contribution in [3.63, 3.8) is 0 Å². The van der Waals surface area contributed by atoms with Crippen molar-refractivity contribution in [2.75, 3.05) is 6.61 Å². The first-order valence-corrected chi connectivity index (χ1v) is 9.94. The summed E-state index contributed by atoms with van der Waals surface area (Å²) >= 11 is 0. The molecule has 0 aliphatic carbocycles. The molecule has 0 aliphatic heterocycles. The van der Waals surface area contributed by atoms with Gasteiger partial charge in [-0.3, -0.25) is 4.79 Å². The zero-order chi connectivity index (χ0) is 15.6. The summed E-state index contributed by atoms with van der Waals surface area (Å²) in [5.41, 5.74) is -1.41. The molecule has 0 N–H and O–H groups in total. The Morgan fingerprint density at radius 3 is 2.35 bits per heavy atom. The van der Waals surface area contributed by atoms with E-state index < -0.39 is 25.5 Å². The maximum atomic E-state index is 12.7. The molecule has 0 bridgehead atoms. The monoisotopic (exact) mass is 308 g/mol. The number of ether oxygens (including phenoxy) is 1. The van der Waals surface area contributed by atoms with Gasteiger partial charge in [0, 0.05) is 20.4 Å². The number of hydrogen-bond acceptors (Lipinski definition) is 3. The fourth-order valence-corrected chi connectivity index (χ4v) is 2.32. The van der Waals surface area contributed by atoms with E-state index in [1.807, 2.05) is 0 Å². The van der Waals surface area contributed by atoms with Crippen LogP contribution in [-0.2, 0) is 17.6 Å². The van der Waals surface area contributed by atoms with Crippen molar-refractivity contribution >= 4 is 14.4 Å². The summed E-state index contributed by atoms with van der Waals surface area (Å²) in [5, 5.41) is 3.43. The molecule has 0 radical (unpaired) electrons. The van der Waals surface area contributed by atoms with Crippen LogP contribution in [0, 0.1) is 6.92 Å². The second kappa shape index (κ2) is 6.09. The molecular formula is C12H19F3N2O2Si. The summed E-state index contributed by atoms with van der Waals surface area (Å²) in [5.74, 6) is 0. The molecular weight excluding hydrogens is 289 g/mol.